The van der Waals surface area contributed by atoms with Crippen LogP contribution in [0.25, 0.3) is 5.65 Å². The molecule has 0 radical (unpaired) electrons. The Morgan fingerprint density at radius 3 is 3.00 bits per heavy atom. The number of nitrogens with two attached hydrogens (primary N) is 2. The average molecular weight is 203 g/mol. The highest BCUT2D eigenvalue weighted by Gasteiger charge is 1.99. The first-order chi connectivity index (χ1) is 7.25. The van der Waals surface area contributed by atoms with Crippen LogP contribution in [0.2, 0.25) is 0 Å². The minimum atomic E-state index is 0.124. The van der Waals surface area contributed by atoms with Gasteiger partial charge in [0.05, 0.1) is 5.69 Å². The first-order valence-corrected chi connectivity index (χ1v) is 4.74. The monoisotopic (exact) mass is 203 g/mol. The molecule has 0 bridgehead atoms. The van der Waals surface area contributed by atoms with E-state index in [-0.39, 0.29) is 5.96 Å². The van der Waals surface area contributed by atoms with Crippen molar-refractivity contribution in [1.82, 2.24) is 9.38 Å². The van der Waals surface area contributed by atoms with Crippen molar-refractivity contribution in [2.45, 2.75) is 6.42 Å². The van der Waals surface area contributed by atoms with Crippen molar-refractivity contribution >= 4 is 11.6 Å². The van der Waals surface area contributed by atoms with Gasteiger partial charge in [-0.2, -0.15) is 0 Å². The Hall–Kier alpha value is -2.04. The summed E-state index contributed by atoms with van der Waals surface area (Å²) in [6, 6.07) is 5.89. The molecule has 2 aromatic heterocycles. The van der Waals surface area contributed by atoms with Crippen molar-refractivity contribution in [2.24, 2.45) is 16.5 Å². The van der Waals surface area contributed by atoms with Crippen LogP contribution >= 0.6 is 0 Å². The van der Waals surface area contributed by atoms with Gasteiger partial charge in [-0.25, -0.2) is 4.98 Å². The lowest BCUT2D eigenvalue weighted by molar-refractivity contribution is 0.932. The Morgan fingerprint density at radius 2 is 2.27 bits per heavy atom. The molecule has 0 amide bonds. The first kappa shape index (κ1) is 9.51. The lowest BCUT2D eigenvalue weighted by Gasteiger charge is -1.91. The van der Waals surface area contributed by atoms with Gasteiger partial charge < -0.3 is 15.9 Å². The third kappa shape index (κ3) is 2.25. The number of imidazole rings is 1. The highest BCUT2D eigenvalue weighted by Crippen LogP contribution is 2.04. The summed E-state index contributed by atoms with van der Waals surface area (Å²) in [6.45, 7) is 0.576. The van der Waals surface area contributed by atoms with E-state index in [1.807, 2.05) is 35.0 Å². The number of nitrogens with zero attached hydrogens (tertiary/aromatic N) is 3. The maximum Gasteiger partial charge on any atom is 0.185 e. The SMILES string of the molecule is NC(N)=NCCc1cn2ccccc2n1. The number of pyridine rings is 1. The van der Waals surface area contributed by atoms with E-state index in [4.69, 9.17) is 11.5 Å². The molecule has 0 spiro atoms. The standard InChI is InChI=1S/C10H13N5/c11-10(12)13-5-4-8-7-15-6-2-1-3-9(15)14-8/h1-3,6-7H,4-5H2,(H4,11,12,13). The second-order valence-corrected chi connectivity index (χ2v) is 3.25. The van der Waals surface area contributed by atoms with Gasteiger partial charge >= 0.3 is 0 Å². The highest BCUT2D eigenvalue weighted by molar-refractivity contribution is 5.75. The summed E-state index contributed by atoms with van der Waals surface area (Å²) in [6.07, 6.45) is 4.70. The van der Waals surface area contributed by atoms with Crippen LogP contribution in [0.1, 0.15) is 5.69 Å². The molecule has 5 heteroatoms. The molecule has 15 heavy (non-hydrogen) atoms. The molecule has 2 heterocycles. The zero-order chi connectivity index (χ0) is 10.7. The van der Waals surface area contributed by atoms with E-state index >= 15 is 0 Å². The summed E-state index contributed by atoms with van der Waals surface area (Å²) >= 11 is 0. The van der Waals surface area contributed by atoms with E-state index in [2.05, 4.69) is 9.98 Å². The average Bonchev–Trinajstić information content (AvgIpc) is 2.59. The van der Waals surface area contributed by atoms with Crippen molar-refractivity contribution in [3.63, 3.8) is 0 Å². The van der Waals surface area contributed by atoms with Gasteiger partial charge in [0.25, 0.3) is 0 Å². The number of aromatic nitrogens is 2. The summed E-state index contributed by atoms with van der Waals surface area (Å²) in [5.41, 5.74) is 12.4. The lowest BCUT2D eigenvalue weighted by atomic mass is 10.3. The van der Waals surface area contributed by atoms with Crippen LogP contribution in [0.4, 0.5) is 0 Å². The van der Waals surface area contributed by atoms with Crippen LogP contribution < -0.4 is 11.5 Å². The zero-order valence-electron chi connectivity index (χ0n) is 8.30. The maximum absolute atomic E-state index is 5.23. The molecular formula is C10H13N5. The molecule has 0 aliphatic rings. The Bertz CT molecular complexity index is 448. The highest BCUT2D eigenvalue weighted by atomic mass is 15.0. The number of hydrogen-bond acceptors (Lipinski definition) is 2. The molecule has 0 saturated heterocycles. The molecule has 2 rings (SSSR count). The molecule has 0 atom stereocenters. The fraction of sp³-hybridized carbons (Fsp3) is 0.200. The molecule has 4 N–H and O–H groups in total. The fourth-order valence-electron chi connectivity index (χ4n) is 1.41. The predicted molar refractivity (Wildman–Crippen MR) is 59.6 cm³/mol. The van der Waals surface area contributed by atoms with E-state index in [0.29, 0.717) is 6.54 Å². The molecule has 78 valence electrons. The third-order valence-corrected chi connectivity index (χ3v) is 2.08. The van der Waals surface area contributed by atoms with Gasteiger partial charge in [-0.3, -0.25) is 4.99 Å². The van der Waals surface area contributed by atoms with Crippen molar-refractivity contribution in [2.75, 3.05) is 6.54 Å². The van der Waals surface area contributed by atoms with E-state index in [1.165, 1.54) is 0 Å². The fourth-order valence-corrected chi connectivity index (χ4v) is 1.41. The molecular weight excluding hydrogens is 190 g/mol. The van der Waals surface area contributed by atoms with Gasteiger partial charge in [0, 0.05) is 25.4 Å². The molecule has 5 nitrogen and oxygen atoms in total. The molecule has 0 fully saturated rings. The molecule has 0 aliphatic heterocycles. The van der Waals surface area contributed by atoms with Gasteiger partial charge in [-0.05, 0) is 12.1 Å². The summed E-state index contributed by atoms with van der Waals surface area (Å²) in [5, 5.41) is 0. The van der Waals surface area contributed by atoms with Crippen molar-refractivity contribution in [3.05, 3.63) is 36.3 Å². The molecule has 0 aliphatic carbocycles. The summed E-state index contributed by atoms with van der Waals surface area (Å²) in [4.78, 5) is 8.33. The van der Waals surface area contributed by atoms with Crippen molar-refractivity contribution in [3.8, 4) is 0 Å². The molecule has 0 unspecified atom stereocenters. The number of fused-ring (bicyclic) bond motifs is 1. The van der Waals surface area contributed by atoms with E-state index < -0.39 is 0 Å². The minimum absolute atomic E-state index is 0.124. The number of rotatable bonds is 3. The maximum atomic E-state index is 5.23. The van der Waals surface area contributed by atoms with Crippen LogP contribution in [-0.2, 0) is 6.42 Å². The van der Waals surface area contributed by atoms with Crippen LogP contribution in [-0.4, -0.2) is 21.9 Å². The van der Waals surface area contributed by atoms with Crippen LogP contribution in [0.15, 0.2) is 35.6 Å². The van der Waals surface area contributed by atoms with Gasteiger partial charge in [-0.1, -0.05) is 6.07 Å². The second kappa shape index (κ2) is 4.00. The van der Waals surface area contributed by atoms with Crippen LogP contribution in [0.5, 0.6) is 0 Å². The molecule has 0 aromatic carbocycles. The van der Waals surface area contributed by atoms with Crippen molar-refractivity contribution in [1.29, 1.82) is 0 Å². The van der Waals surface area contributed by atoms with Crippen molar-refractivity contribution < 1.29 is 0 Å². The minimum Gasteiger partial charge on any atom is -0.370 e. The van der Waals surface area contributed by atoms with E-state index in [0.717, 1.165) is 17.8 Å². The third-order valence-electron chi connectivity index (χ3n) is 2.08. The quantitative estimate of drug-likeness (QED) is 0.550. The van der Waals surface area contributed by atoms with Gasteiger partial charge in [0.1, 0.15) is 5.65 Å². The summed E-state index contributed by atoms with van der Waals surface area (Å²) in [5.74, 6) is 0.124. The number of hydrogen-bond donors (Lipinski definition) is 2. The van der Waals surface area contributed by atoms with E-state index in [9.17, 15) is 0 Å². The van der Waals surface area contributed by atoms with E-state index in [1.54, 1.807) is 0 Å². The topological polar surface area (TPSA) is 81.7 Å². The summed E-state index contributed by atoms with van der Waals surface area (Å²) in [7, 11) is 0. The second-order valence-electron chi connectivity index (χ2n) is 3.25. The van der Waals surface area contributed by atoms with Gasteiger partial charge in [0.15, 0.2) is 5.96 Å². The Labute approximate surface area is 87.4 Å². The number of aliphatic imine (C=N–C) groups is 1. The number of guanidine groups is 1. The molecule has 2 aromatic rings. The Morgan fingerprint density at radius 1 is 1.40 bits per heavy atom. The largest absolute Gasteiger partial charge is 0.370 e. The molecule has 0 saturated carbocycles. The Kier molecular flexibility index (Phi) is 2.53. The van der Waals surface area contributed by atoms with Crippen LogP contribution in [0.3, 0.4) is 0 Å². The smallest absolute Gasteiger partial charge is 0.185 e. The van der Waals surface area contributed by atoms with Gasteiger partial charge in [0.2, 0.25) is 0 Å². The first-order valence-electron chi connectivity index (χ1n) is 4.74. The zero-order valence-corrected chi connectivity index (χ0v) is 8.30. The predicted octanol–water partition coefficient (Wildman–Crippen LogP) is 0.150. The normalized spacial score (nSPS) is 10.4. The van der Waals surface area contributed by atoms with Crippen LogP contribution in [0, 0.1) is 0 Å². The summed E-state index contributed by atoms with van der Waals surface area (Å²) < 4.78 is 1.98. The lowest BCUT2D eigenvalue weighted by Crippen LogP contribution is -2.23. The van der Waals surface area contributed by atoms with Gasteiger partial charge in [-0.15, -0.1) is 0 Å². The Balaban J connectivity index is 2.12.